The zero-order chi connectivity index (χ0) is 28.0. The van der Waals surface area contributed by atoms with Crippen LogP contribution >= 0.6 is 11.6 Å². The van der Waals surface area contributed by atoms with E-state index < -0.39 is 5.92 Å². The third kappa shape index (κ3) is 4.86. The number of aromatic hydroxyl groups is 1. The van der Waals surface area contributed by atoms with Crippen LogP contribution in [0.3, 0.4) is 0 Å². The second-order valence-corrected chi connectivity index (χ2v) is 12.9. The van der Waals surface area contributed by atoms with Crippen molar-refractivity contribution in [1.29, 1.82) is 0 Å². The number of carbonyl (C=O) groups excluding carboxylic acids is 2. The van der Waals surface area contributed by atoms with Gasteiger partial charge >= 0.3 is 244 Å². The molecule has 1 fully saturated rings. The number of hydrogen-bond donors (Lipinski definition) is 2. The van der Waals surface area contributed by atoms with Crippen molar-refractivity contribution in [3.63, 3.8) is 0 Å². The van der Waals surface area contributed by atoms with Gasteiger partial charge in [-0.05, 0) is 0 Å². The van der Waals surface area contributed by atoms with Gasteiger partial charge in [0.1, 0.15) is 0 Å². The van der Waals surface area contributed by atoms with Crippen LogP contribution in [0.2, 0.25) is 0 Å². The maximum atomic E-state index is 13.9. The number of rotatable bonds is 7. The third-order valence-electron chi connectivity index (χ3n) is 7.92. The van der Waals surface area contributed by atoms with Gasteiger partial charge in [-0.15, -0.1) is 0 Å². The first-order chi connectivity index (χ1) is 19.4. The molecule has 8 nitrogen and oxygen atoms in total. The molecule has 0 bridgehead atoms. The van der Waals surface area contributed by atoms with Crippen molar-refractivity contribution in [2.24, 2.45) is 5.73 Å². The monoisotopic (exact) mass is 627 g/mol. The number of fused-ring (bicyclic) bond motifs is 4. The molecule has 208 valence electrons. The van der Waals surface area contributed by atoms with Gasteiger partial charge in [0.15, 0.2) is 0 Å². The van der Waals surface area contributed by atoms with Crippen molar-refractivity contribution in [3.05, 3.63) is 64.1 Å². The summed E-state index contributed by atoms with van der Waals surface area (Å²) in [5, 5.41) is 13.3. The average Bonchev–Trinajstić information content (AvgIpc) is 3.57. The van der Waals surface area contributed by atoms with E-state index in [1.807, 2.05) is 42.5 Å². The van der Waals surface area contributed by atoms with Gasteiger partial charge in [-0.3, -0.25) is 0 Å². The molecule has 4 aromatic rings. The van der Waals surface area contributed by atoms with E-state index in [0.717, 1.165) is 43.7 Å². The van der Waals surface area contributed by atoms with Crippen LogP contribution < -0.4 is 15.4 Å². The molecule has 40 heavy (non-hydrogen) atoms. The molecular formula is C30H30ClN3O5Se. The summed E-state index contributed by atoms with van der Waals surface area (Å²) in [5.74, 6) is 0.172. The Labute approximate surface area is 242 Å². The van der Waals surface area contributed by atoms with Crippen LogP contribution in [-0.2, 0) is 9.53 Å². The van der Waals surface area contributed by atoms with Crippen molar-refractivity contribution >= 4 is 64.0 Å². The number of benzene rings is 3. The van der Waals surface area contributed by atoms with Crippen molar-refractivity contribution in [2.75, 3.05) is 57.3 Å². The Morgan fingerprint density at radius 1 is 1.15 bits per heavy atom. The summed E-state index contributed by atoms with van der Waals surface area (Å²) in [4.78, 5) is 30.3. The number of phenols is 1. The number of halogens is 1. The van der Waals surface area contributed by atoms with E-state index in [0.29, 0.717) is 49.0 Å². The van der Waals surface area contributed by atoms with E-state index in [1.165, 1.54) is 0 Å². The fraction of sp³-hybridized carbons (Fsp3) is 0.333. The first kappa shape index (κ1) is 27.1. The summed E-state index contributed by atoms with van der Waals surface area (Å²) < 4.78 is 12.7. The summed E-state index contributed by atoms with van der Waals surface area (Å²) >= 11 is 6.21. The number of ether oxygens (including phenoxy) is 2. The van der Waals surface area contributed by atoms with Gasteiger partial charge in [0, 0.05) is 0 Å². The van der Waals surface area contributed by atoms with Gasteiger partial charge in [-0.2, -0.15) is 0 Å². The first-order valence-electron chi connectivity index (χ1n) is 13.2. The quantitative estimate of drug-likeness (QED) is 0.240. The molecule has 2 aliphatic heterocycles. The second kappa shape index (κ2) is 11.1. The van der Waals surface area contributed by atoms with Gasteiger partial charge in [0.2, 0.25) is 0 Å². The van der Waals surface area contributed by atoms with E-state index in [1.54, 1.807) is 18.1 Å². The molecule has 10 heteroatoms. The van der Waals surface area contributed by atoms with E-state index in [9.17, 15) is 14.7 Å². The van der Waals surface area contributed by atoms with Crippen molar-refractivity contribution in [2.45, 2.75) is 11.8 Å². The Morgan fingerprint density at radius 3 is 2.67 bits per heavy atom. The van der Waals surface area contributed by atoms with Gasteiger partial charge in [0.25, 0.3) is 0 Å². The fourth-order valence-electron chi connectivity index (χ4n) is 5.82. The van der Waals surface area contributed by atoms with E-state index in [4.69, 9.17) is 26.8 Å². The summed E-state index contributed by atoms with van der Waals surface area (Å²) in [7, 11) is 1.60. The number of anilines is 1. The van der Waals surface area contributed by atoms with E-state index in [2.05, 4.69) is 4.90 Å². The van der Waals surface area contributed by atoms with E-state index >= 15 is 0 Å². The molecular weight excluding hydrogens is 597 g/mol. The Bertz CT molecular complexity index is 1620. The molecule has 0 saturated carbocycles. The third-order valence-corrected chi connectivity index (χ3v) is 10.6. The van der Waals surface area contributed by atoms with Crippen molar-refractivity contribution < 1.29 is 24.2 Å². The number of primary amides is 1. The maximum absolute atomic E-state index is 13.9. The Kier molecular flexibility index (Phi) is 7.50. The van der Waals surface area contributed by atoms with Crippen LogP contribution in [-0.4, -0.2) is 88.7 Å². The predicted molar refractivity (Wildman–Crippen MR) is 157 cm³/mol. The second-order valence-electron chi connectivity index (χ2n) is 10.3. The number of methoxy groups -OCH3 is 1. The topological polar surface area (TPSA) is 105 Å². The minimum atomic E-state index is -0.438. The summed E-state index contributed by atoms with van der Waals surface area (Å²) in [6.07, 6.45) is 0. The van der Waals surface area contributed by atoms with Crippen molar-refractivity contribution in [3.8, 4) is 11.5 Å². The van der Waals surface area contributed by atoms with Crippen LogP contribution in [0.4, 0.5) is 5.69 Å². The van der Waals surface area contributed by atoms with Gasteiger partial charge < -0.3 is 0 Å². The number of nitrogens with zero attached hydrogens (tertiary/aromatic N) is 2. The summed E-state index contributed by atoms with van der Waals surface area (Å²) in [5.41, 5.74) is 8.32. The predicted octanol–water partition coefficient (Wildman–Crippen LogP) is 3.65. The summed E-state index contributed by atoms with van der Waals surface area (Å²) in [6, 6.07) is 15.1. The molecule has 2 atom stereocenters. The standard InChI is InChI=1S/C30H30ClN3O5Se/c1-38-20-3-4-21-22(12-20)28-19(14-31)15-34(24(28)13-25(21)35)30(37)27-11-18-10-17(2-5-26(18)40-27)23(29(32)36)16-33-6-8-39-9-7-33/h2-5,10-13,19,23,35H,6-9,14-16H2,1H3,(H2,32,36). The van der Waals surface area contributed by atoms with Crippen LogP contribution in [0.25, 0.3) is 20.4 Å². The Morgan fingerprint density at radius 2 is 1.95 bits per heavy atom. The van der Waals surface area contributed by atoms with Crippen molar-refractivity contribution in [1.82, 2.24) is 4.90 Å². The molecule has 0 radical (unpaired) electrons. The molecule has 2 aliphatic rings. The summed E-state index contributed by atoms with van der Waals surface area (Å²) in [6.45, 7) is 3.83. The zero-order valence-corrected chi connectivity index (χ0v) is 24.5. The van der Waals surface area contributed by atoms with Gasteiger partial charge in [-0.25, -0.2) is 0 Å². The fourth-order valence-corrected chi connectivity index (χ4v) is 8.15. The molecule has 0 aliphatic carbocycles. The molecule has 3 heterocycles. The molecule has 2 unspecified atom stereocenters. The molecule has 0 spiro atoms. The van der Waals surface area contributed by atoms with Crippen LogP contribution in [0.1, 0.15) is 32.2 Å². The number of hydrogen-bond acceptors (Lipinski definition) is 6. The number of alkyl halides is 1. The van der Waals surface area contributed by atoms with E-state index in [-0.39, 0.29) is 38.0 Å². The van der Waals surface area contributed by atoms with Crippen LogP contribution in [0.15, 0.2) is 48.5 Å². The van der Waals surface area contributed by atoms with Crippen LogP contribution in [0.5, 0.6) is 11.5 Å². The zero-order valence-electron chi connectivity index (χ0n) is 22.1. The Balaban J connectivity index is 1.33. The molecule has 2 amide bonds. The number of carbonyl (C=O) groups is 2. The normalized spacial score (nSPS) is 18.2. The number of amides is 2. The molecule has 1 aromatic heterocycles. The number of nitrogens with two attached hydrogens (primary N) is 1. The number of phenolic OH excluding ortho intramolecular Hbond substituents is 1. The Hall–Kier alpha value is -3.07. The molecule has 6 rings (SSSR count). The average molecular weight is 627 g/mol. The molecule has 3 N–H and O–H groups in total. The van der Waals surface area contributed by atoms with Crippen LogP contribution in [0, 0.1) is 0 Å². The van der Waals surface area contributed by atoms with Gasteiger partial charge in [-0.1, -0.05) is 0 Å². The number of morpholine rings is 1. The minimum absolute atomic E-state index is 0.0733. The molecule has 3 aromatic carbocycles. The SMILES string of the molecule is COc1ccc2c(O)cc3c(c2c1)C(CCl)CN3C(=O)c1cc2cc(C(CN3CCOCC3)C(N)=O)ccc2[se]1. The van der Waals surface area contributed by atoms with Gasteiger partial charge in [0.05, 0.1) is 0 Å². The molecule has 1 saturated heterocycles. The first-order valence-corrected chi connectivity index (χ1v) is 15.5.